The van der Waals surface area contributed by atoms with Gasteiger partial charge in [-0.3, -0.25) is 4.79 Å². The summed E-state index contributed by atoms with van der Waals surface area (Å²) in [4.78, 5) is 17.2. The molecule has 7 heteroatoms. The lowest BCUT2D eigenvalue weighted by Crippen LogP contribution is -2.37. The molecule has 0 spiro atoms. The third-order valence-electron chi connectivity index (χ3n) is 3.91. The Morgan fingerprint density at radius 2 is 2.08 bits per heavy atom. The van der Waals surface area contributed by atoms with Crippen LogP contribution in [0.3, 0.4) is 0 Å². The van der Waals surface area contributed by atoms with Crippen LogP contribution in [0.25, 0.3) is 22.4 Å². The van der Waals surface area contributed by atoms with Crippen molar-refractivity contribution in [2.24, 2.45) is 5.73 Å². The fourth-order valence-corrected chi connectivity index (χ4v) is 2.66. The van der Waals surface area contributed by atoms with Crippen LogP contribution in [0.4, 0.5) is 0 Å². The molecule has 0 saturated heterocycles. The number of nitrogens with two attached hydrogens (primary N) is 1. The summed E-state index contributed by atoms with van der Waals surface area (Å²) < 4.78 is 10.8. The van der Waals surface area contributed by atoms with Crippen LogP contribution >= 0.6 is 0 Å². The highest BCUT2D eigenvalue weighted by Gasteiger charge is 2.21. The number of aromatic nitrogens is 2. The molecule has 0 aliphatic carbocycles. The number of fused-ring (bicyclic) bond motifs is 1. The first kappa shape index (κ1) is 16.2. The second kappa shape index (κ2) is 6.09. The Hall–Kier alpha value is -2.67. The second-order valence-electron chi connectivity index (χ2n) is 5.94. The maximum atomic E-state index is 12.7. The lowest BCUT2D eigenvalue weighted by Gasteiger charge is -2.12. The molecule has 3 N–H and O–H groups in total. The number of nitrogens with zero attached hydrogens (tertiary/aromatic N) is 2. The Morgan fingerprint density at radius 1 is 1.33 bits per heavy atom. The molecule has 0 radical (unpaired) electrons. The van der Waals surface area contributed by atoms with Gasteiger partial charge in [0.15, 0.2) is 0 Å². The highest BCUT2D eigenvalue weighted by atomic mass is 16.5. The van der Waals surface area contributed by atoms with Crippen molar-refractivity contribution >= 4 is 17.0 Å². The molecule has 0 bridgehead atoms. The molecule has 1 atom stereocenters. The highest BCUT2D eigenvalue weighted by molar-refractivity contribution is 6.07. The van der Waals surface area contributed by atoms with Gasteiger partial charge in [-0.1, -0.05) is 5.16 Å². The summed E-state index contributed by atoms with van der Waals surface area (Å²) in [6, 6.07) is 3.49. The summed E-state index contributed by atoms with van der Waals surface area (Å²) in [5, 5.41) is 7.41. The van der Waals surface area contributed by atoms with E-state index in [0.29, 0.717) is 34.6 Å². The minimum absolute atomic E-state index is 0.137. The fraction of sp³-hybridized carbons (Fsp3) is 0.353. The number of aryl methyl sites for hydroxylation is 3. The van der Waals surface area contributed by atoms with Crippen LogP contribution in [0.2, 0.25) is 0 Å². The summed E-state index contributed by atoms with van der Waals surface area (Å²) >= 11 is 0. The van der Waals surface area contributed by atoms with E-state index < -0.39 is 0 Å². The summed E-state index contributed by atoms with van der Waals surface area (Å²) in [5.74, 6) is 1.28. The number of hydrogen-bond acceptors (Lipinski definition) is 6. The van der Waals surface area contributed by atoms with Crippen molar-refractivity contribution in [1.82, 2.24) is 15.5 Å². The zero-order valence-corrected chi connectivity index (χ0v) is 14.1. The van der Waals surface area contributed by atoms with Crippen molar-refractivity contribution in [2.75, 3.05) is 6.54 Å². The van der Waals surface area contributed by atoms with Crippen LogP contribution in [0.15, 0.2) is 21.1 Å². The number of pyridine rings is 1. The highest BCUT2D eigenvalue weighted by Crippen LogP contribution is 2.30. The van der Waals surface area contributed by atoms with E-state index in [0.717, 1.165) is 17.1 Å². The second-order valence-corrected chi connectivity index (χ2v) is 5.94. The topological polar surface area (TPSA) is 107 Å². The van der Waals surface area contributed by atoms with Crippen molar-refractivity contribution in [3.05, 3.63) is 34.9 Å². The van der Waals surface area contributed by atoms with E-state index in [1.807, 2.05) is 26.8 Å². The largest absolute Gasteiger partial charge is 0.466 e. The Morgan fingerprint density at radius 3 is 2.71 bits per heavy atom. The molecule has 1 amide bonds. The van der Waals surface area contributed by atoms with Gasteiger partial charge in [-0.15, -0.1) is 0 Å². The minimum Gasteiger partial charge on any atom is -0.466 e. The number of carbonyl (C=O) groups is 1. The molecular formula is C17H20N4O3. The summed E-state index contributed by atoms with van der Waals surface area (Å²) in [6.07, 6.45) is 0. The third kappa shape index (κ3) is 2.78. The SMILES string of the molecule is Cc1cc(-c2cc(C(=O)N[C@@H](C)CN)c3c(C)noc3n2)c(C)o1. The fourth-order valence-electron chi connectivity index (χ4n) is 2.66. The van der Waals surface area contributed by atoms with Crippen molar-refractivity contribution in [1.29, 1.82) is 0 Å². The zero-order chi connectivity index (χ0) is 17.4. The van der Waals surface area contributed by atoms with E-state index in [1.54, 1.807) is 13.0 Å². The molecule has 7 nitrogen and oxygen atoms in total. The normalized spacial score (nSPS) is 12.5. The molecule has 3 heterocycles. The molecule has 24 heavy (non-hydrogen) atoms. The standard InChI is InChI=1S/C17H20N4O3/c1-8(7-18)19-16(22)13-6-14(12-5-9(2)23-11(12)4)20-17-15(13)10(3)21-24-17/h5-6,8H,7,18H2,1-4H3,(H,19,22)/t8-/m0/s1. The first-order valence-electron chi connectivity index (χ1n) is 7.76. The molecule has 0 unspecified atom stereocenters. The average molecular weight is 328 g/mol. The Labute approximate surface area is 139 Å². The predicted molar refractivity (Wildman–Crippen MR) is 89.7 cm³/mol. The van der Waals surface area contributed by atoms with Gasteiger partial charge in [0.1, 0.15) is 11.5 Å². The molecule has 3 aromatic rings. The summed E-state index contributed by atoms with van der Waals surface area (Å²) in [7, 11) is 0. The van der Waals surface area contributed by atoms with E-state index in [9.17, 15) is 4.79 Å². The van der Waals surface area contributed by atoms with Gasteiger partial charge >= 0.3 is 0 Å². The Bertz CT molecular complexity index is 910. The lowest BCUT2D eigenvalue weighted by atomic mass is 10.0. The van der Waals surface area contributed by atoms with E-state index in [4.69, 9.17) is 14.7 Å². The van der Waals surface area contributed by atoms with E-state index in [2.05, 4.69) is 15.5 Å². The maximum absolute atomic E-state index is 12.7. The van der Waals surface area contributed by atoms with E-state index in [1.165, 1.54) is 0 Å². The summed E-state index contributed by atoms with van der Waals surface area (Å²) in [5.41, 5.74) is 8.44. The first-order valence-corrected chi connectivity index (χ1v) is 7.76. The van der Waals surface area contributed by atoms with Crippen LogP contribution in [-0.4, -0.2) is 28.6 Å². The predicted octanol–water partition coefficient (Wildman–Crippen LogP) is 2.49. The number of carbonyl (C=O) groups excluding carboxylic acids is 1. The monoisotopic (exact) mass is 328 g/mol. The first-order chi connectivity index (χ1) is 11.4. The minimum atomic E-state index is -0.231. The number of nitrogens with one attached hydrogen (secondary N) is 1. The van der Waals surface area contributed by atoms with Crippen LogP contribution < -0.4 is 11.1 Å². The van der Waals surface area contributed by atoms with Gasteiger partial charge in [-0.25, -0.2) is 4.98 Å². The zero-order valence-electron chi connectivity index (χ0n) is 14.1. The Kier molecular flexibility index (Phi) is 4.11. The van der Waals surface area contributed by atoms with Crippen molar-refractivity contribution in [2.45, 2.75) is 33.7 Å². The quantitative estimate of drug-likeness (QED) is 0.762. The lowest BCUT2D eigenvalue weighted by molar-refractivity contribution is 0.0943. The van der Waals surface area contributed by atoms with Gasteiger partial charge in [0.05, 0.1) is 22.3 Å². The van der Waals surface area contributed by atoms with E-state index in [-0.39, 0.29) is 11.9 Å². The molecule has 0 aliphatic rings. The Balaban J connectivity index is 2.17. The molecule has 126 valence electrons. The number of rotatable bonds is 4. The van der Waals surface area contributed by atoms with Crippen LogP contribution in [0, 0.1) is 20.8 Å². The molecule has 0 aliphatic heterocycles. The molecule has 3 aromatic heterocycles. The smallest absolute Gasteiger partial charge is 0.259 e. The van der Waals surface area contributed by atoms with Crippen LogP contribution in [-0.2, 0) is 0 Å². The molecule has 0 fully saturated rings. The van der Waals surface area contributed by atoms with Gasteiger partial charge in [-0.05, 0) is 39.8 Å². The number of amides is 1. The maximum Gasteiger partial charge on any atom is 0.259 e. The van der Waals surface area contributed by atoms with Crippen LogP contribution in [0.5, 0.6) is 0 Å². The van der Waals surface area contributed by atoms with Gasteiger partial charge in [0.25, 0.3) is 11.6 Å². The van der Waals surface area contributed by atoms with Gasteiger partial charge < -0.3 is 20.0 Å². The average Bonchev–Trinajstić information content (AvgIpc) is 3.08. The molecule has 3 rings (SSSR count). The molecule has 0 saturated carbocycles. The van der Waals surface area contributed by atoms with Crippen molar-refractivity contribution in [3.8, 4) is 11.3 Å². The molecular weight excluding hydrogens is 308 g/mol. The van der Waals surface area contributed by atoms with Crippen molar-refractivity contribution < 1.29 is 13.7 Å². The number of hydrogen-bond donors (Lipinski definition) is 2. The summed E-state index contributed by atoms with van der Waals surface area (Å²) in [6.45, 7) is 7.71. The third-order valence-corrected chi connectivity index (χ3v) is 3.91. The number of furan rings is 1. The van der Waals surface area contributed by atoms with Gasteiger partial charge in [-0.2, -0.15) is 0 Å². The van der Waals surface area contributed by atoms with E-state index >= 15 is 0 Å². The van der Waals surface area contributed by atoms with Crippen LogP contribution in [0.1, 0.15) is 34.5 Å². The molecule has 0 aromatic carbocycles. The van der Waals surface area contributed by atoms with Gasteiger partial charge in [0, 0.05) is 18.2 Å². The van der Waals surface area contributed by atoms with Crippen molar-refractivity contribution in [3.63, 3.8) is 0 Å². The van der Waals surface area contributed by atoms with Gasteiger partial charge in [0.2, 0.25) is 0 Å².